The molecular weight excluding hydrogens is 186 g/mol. The second-order valence-electron chi connectivity index (χ2n) is 4.66. The van der Waals surface area contributed by atoms with Gasteiger partial charge >= 0.3 is 0 Å². The molecular formula is C12H23N3. The van der Waals surface area contributed by atoms with Crippen molar-refractivity contribution in [3.05, 3.63) is 18.2 Å². The van der Waals surface area contributed by atoms with E-state index in [9.17, 15) is 0 Å². The highest BCUT2D eigenvalue weighted by Crippen LogP contribution is 2.05. The Bertz CT molecular complexity index is 278. The Morgan fingerprint density at radius 3 is 2.80 bits per heavy atom. The molecule has 0 spiro atoms. The molecule has 1 heterocycles. The molecule has 0 aliphatic carbocycles. The quantitative estimate of drug-likeness (QED) is 0.780. The average molecular weight is 209 g/mol. The zero-order valence-electron chi connectivity index (χ0n) is 10.1. The van der Waals surface area contributed by atoms with Crippen LogP contribution in [0, 0.1) is 5.92 Å². The molecule has 1 rings (SSSR count). The highest BCUT2D eigenvalue weighted by Gasteiger charge is 2.04. The van der Waals surface area contributed by atoms with E-state index in [0.29, 0.717) is 0 Å². The van der Waals surface area contributed by atoms with E-state index in [1.807, 2.05) is 6.33 Å². The number of imidazole rings is 1. The van der Waals surface area contributed by atoms with Crippen LogP contribution in [0.2, 0.25) is 0 Å². The largest absolute Gasteiger partial charge is 0.337 e. The van der Waals surface area contributed by atoms with Gasteiger partial charge in [-0.05, 0) is 18.8 Å². The smallest absolute Gasteiger partial charge is 0.0949 e. The maximum atomic E-state index is 5.89. The maximum absolute atomic E-state index is 5.89. The predicted octanol–water partition coefficient (Wildman–Crippen LogP) is 2.21. The fraction of sp³-hybridized carbons (Fsp3) is 0.750. The third kappa shape index (κ3) is 4.47. The zero-order chi connectivity index (χ0) is 11.3. The molecule has 0 saturated carbocycles. The van der Waals surface area contributed by atoms with Crippen LogP contribution in [0.3, 0.4) is 0 Å². The minimum Gasteiger partial charge on any atom is -0.337 e. The Balaban J connectivity index is 2.42. The number of nitrogens with two attached hydrogens (primary N) is 1. The van der Waals surface area contributed by atoms with Crippen LogP contribution < -0.4 is 5.73 Å². The number of aromatic nitrogens is 2. The molecule has 0 bridgehead atoms. The summed E-state index contributed by atoms with van der Waals surface area (Å²) in [6.45, 7) is 7.65. The fourth-order valence-corrected chi connectivity index (χ4v) is 1.45. The van der Waals surface area contributed by atoms with Gasteiger partial charge in [0.1, 0.15) is 0 Å². The molecule has 1 aromatic rings. The molecule has 0 radical (unpaired) electrons. The lowest BCUT2D eigenvalue weighted by molar-refractivity contribution is 0.515. The average Bonchev–Trinajstić information content (AvgIpc) is 2.62. The molecule has 1 unspecified atom stereocenters. The Labute approximate surface area is 92.7 Å². The van der Waals surface area contributed by atoms with Crippen molar-refractivity contribution in [3.8, 4) is 0 Å². The van der Waals surface area contributed by atoms with Crippen molar-refractivity contribution in [1.82, 2.24) is 9.55 Å². The van der Waals surface area contributed by atoms with E-state index in [1.165, 1.54) is 6.42 Å². The second kappa shape index (κ2) is 5.91. The Morgan fingerprint density at radius 1 is 1.47 bits per heavy atom. The van der Waals surface area contributed by atoms with Gasteiger partial charge in [-0.3, -0.25) is 0 Å². The molecule has 3 heteroatoms. The lowest BCUT2D eigenvalue weighted by Crippen LogP contribution is -2.21. The van der Waals surface area contributed by atoms with Crippen molar-refractivity contribution < 1.29 is 0 Å². The van der Waals surface area contributed by atoms with Crippen LogP contribution in [0.15, 0.2) is 12.5 Å². The first-order chi connectivity index (χ1) is 7.11. The van der Waals surface area contributed by atoms with Crippen molar-refractivity contribution in [2.24, 2.45) is 11.7 Å². The summed E-state index contributed by atoms with van der Waals surface area (Å²) in [6, 6.07) is 0.249. The van der Waals surface area contributed by atoms with Crippen LogP contribution >= 0.6 is 0 Å². The molecule has 1 aromatic heterocycles. The maximum Gasteiger partial charge on any atom is 0.0949 e. The van der Waals surface area contributed by atoms with Gasteiger partial charge in [-0.2, -0.15) is 0 Å². The van der Waals surface area contributed by atoms with Crippen LogP contribution in [0.5, 0.6) is 0 Å². The third-order valence-corrected chi connectivity index (χ3v) is 2.65. The number of hydrogen-bond acceptors (Lipinski definition) is 2. The normalized spacial score (nSPS) is 13.4. The van der Waals surface area contributed by atoms with Crippen molar-refractivity contribution in [2.45, 2.75) is 52.6 Å². The topological polar surface area (TPSA) is 43.8 Å². The molecule has 0 aromatic carbocycles. The molecule has 0 aliphatic heterocycles. The summed E-state index contributed by atoms with van der Waals surface area (Å²) in [4.78, 5) is 4.37. The summed E-state index contributed by atoms with van der Waals surface area (Å²) in [5.74, 6) is 0.744. The monoisotopic (exact) mass is 209 g/mol. The molecule has 0 aliphatic rings. The van der Waals surface area contributed by atoms with Gasteiger partial charge in [-0.15, -0.1) is 0 Å². The molecule has 2 N–H and O–H groups in total. The number of hydrogen-bond donors (Lipinski definition) is 1. The van der Waals surface area contributed by atoms with Crippen LogP contribution in [0.4, 0.5) is 0 Å². The molecule has 15 heavy (non-hydrogen) atoms. The van der Waals surface area contributed by atoms with Crippen molar-refractivity contribution >= 4 is 0 Å². The van der Waals surface area contributed by atoms with Crippen molar-refractivity contribution in [1.29, 1.82) is 0 Å². The highest BCUT2D eigenvalue weighted by atomic mass is 15.0. The van der Waals surface area contributed by atoms with Gasteiger partial charge in [0.15, 0.2) is 0 Å². The van der Waals surface area contributed by atoms with Crippen LogP contribution in [-0.4, -0.2) is 15.6 Å². The summed E-state index contributed by atoms with van der Waals surface area (Å²) in [5.41, 5.74) is 7.01. The molecule has 0 saturated heterocycles. The Kier molecular flexibility index (Phi) is 4.82. The Hall–Kier alpha value is -0.830. The fourth-order valence-electron chi connectivity index (χ4n) is 1.45. The first kappa shape index (κ1) is 12.2. The molecule has 0 amide bonds. The van der Waals surface area contributed by atoms with Crippen molar-refractivity contribution in [2.75, 3.05) is 0 Å². The van der Waals surface area contributed by atoms with Crippen LogP contribution in [0.25, 0.3) is 0 Å². The van der Waals surface area contributed by atoms with E-state index < -0.39 is 0 Å². The molecule has 3 nitrogen and oxygen atoms in total. The van der Waals surface area contributed by atoms with E-state index in [2.05, 4.69) is 36.5 Å². The zero-order valence-corrected chi connectivity index (χ0v) is 10.1. The van der Waals surface area contributed by atoms with E-state index in [4.69, 9.17) is 5.73 Å². The van der Waals surface area contributed by atoms with Crippen LogP contribution in [0.1, 0.15) is 39.3 Å². The van der Waals surface area contributed by atoms with Gasteiger partial charge in [-0.1, -0.05) is 20.8 Å². The van der Waals surface area contributed by atoms with Gasteiger partial charge in [0.05, 0.1) is 12.0 Å². The van der Waals surface area contributed by atoms with Crippen molar-refractivity contribution in [3.63, 3.8) is 0 Å². The number of rotatable bonds is 6. The third-order valence-electron chi connectivity index (χ3n) is 2.65. The Morgan fingerprint density at radius 2 is 2.20 bits per heavy atom. The predicted molar refractivity (Wildman–Crippen MR) is 63.7 cm³/mol. The highest BCUT2D eigenvalue weighted by molar-refractivity contribution is 4.99. The summed E-state index contributed by atoms with van der Waals surface area (Å²) < 4.78 is 2.16. The first-order valence-electron chi connectivity index (χ1n) is 5.88. The van der Waals surface area contributed by atoms with E-state index in [-0.39, 0.29) is 6.04 Å². The van der Waals surface area contributed by atoms with E-state index >= 15 is 0 Å². The number of aryl methyl sites for hydroxylation is 1. The van der Waals surface area contributed by atoms with Gasteiger partial charge in [0.25, 0.3) is 0 Å². The molecule has 86 valence electrons. The lowest BCUT2D eigenvalue weighted by atomic mass is 10.1. The summed E-state index contributed by atoms with van der Waals surface area (Å²) in [7, 11) is 0. The van der Waals surface area contributed by atoms with E-state index in [0.717, 1.165) is 31.0 Å². The summed E-state index contributed by atoms with van der Waals surface area (Å²) in [5, 5.41) is 0. The minimum absolute atomic E-state index is 0.249. The molecule has 1 atom stereocenters. The van der Waals surface area contributed by atoms with E-state index in [1.54, 1.807) is 0 Å². The first-order valence-corrected chi connectivity index (χ1v) is 5.88. The SMILES string of the molecule is CCC(N)Cc1cn(CCC(C)C)cn1. The van der Waals surface area contributed by atoms with Gasteiger partial charge in [0.2, 0.25) is 0 Å². The van der Waals surface area contributed by atoms with Crippen LogP contribution in [-0.2, 0) is 13.0 Å². The minimum atomic E-state index is 0.249. The second-order valence-corrected chi connectivity index (χ2v) is 4.66. The summed E-state index contributed by atoms with van der Waals surface area (Å²) in [6.07, 6.45) is 7.15. The van der Waals surface area contributed by atoms with Gasteiger partial charge < -0.3 is 10.3 Å². The number of nitrogens with zero attached hydrogens (tertiary/aromatic N) is 2. The standard InChI is InChI=1S/C12H23N3/c1-4-11(13)7-12-8-15(9-14-12)6-5-10(2)3/h8-11H,4-7,13H2,1-3H3. The van der Waals surface area contributed by atoms with Gasteiger partial charge in [0, 0.05) is 25.2 Å². The lowest BCUT2D eigenvalue weighted by Gasteiger charge is -2.06. The van der Waals surface area contributed by atoms with Gasteiger partial charge in [-0.25, -0.2) is 4.98 Å². The molecule has 0 fully saturated rings. The summed E-state index contributed by atoms with van der Waals surface area (Å²) >= 11 is 0.